The Labute approximate surface area is 763 Å². The second-order valence-corrected chi connectivity index (χ2v) is 36.4. The van der Waals surface area contributed by atoms with Gasteiger partial charge in [0.15, 0.2) is 0 Å². The van der Waals surface area contributed by atoms with Crippen LogP contribution in [-0.4, -0.2) is 155 Å². The Kier molecular flexibility index (Phi) is 22.9. The van der Waals surface area contributed by atoms with Crippen LogP contribution in [0.1, 0.15) is 188 Å². The zero-order chi connectivity index (χ0) is 92.3. The van der Waals surface area contributed by atoms with Crippen LogP contribution in [0.25, 0.3) is 87.0 Å². The lowest BCUT2D eigenvalue weighted by molar-refractivity contribution is -0.140. The summed E-state index contributed by atoms with van der Waals surface area (Å²) in [5.41, 5.74) is 9.72. The van der Waals surface area contributed by atoms with Gasteiger partial charge in [0, 0.05) is 142 Å². The molecule has 0 N–H and O–H groups in total. The fourth-order valence-electron chi connectivity index (χ4n) is 19.4. The van der Waals surface area contributed by atoms with Gasteiger partial charge >= 0.3 is 11.9 Å². The molecular formula is C110H102N6O16. The molecule has 4 aliphatic rings. The number of aryl methyl sites for hydroxylation is 4. The molecule has 668 valence electrons. The number of fused-ring (bicyclic) bond motifs is 8. The van der Waals surface area contributed by atoms with Crippen LogP contribution in [0.2, 0.25) is 0 Å². The number of furan rings is 2. The number of nitrogens with zero attached hydrogens (tertiary/aromatic N) is 6. The van der Waals surface area contributed by atoms with E-state index in [1.807, 2.05) is 137 Å². The molecule has 22 nitrogen and oxygen atoms in total. The molecule has 2 aromatic heterocycles. The van der Waals surface area contributed by atoms with E-state index in [0.717, 1.165) is 77.2 Å². The van der Waals surface area contributed by atoms with E-state index >= 15 is 28.8 Å². The molecule has 13 aromatic carbocycles. The predicted octanol–water partition coefficient (Wildman–Crippen LogP) is 22.9. The summed E-state index contributed by atoms with van der Waals surface area (Å²) >= 11 is 0. The molecule has 0 bridgehead atoms. The third-order valence-corrected chi connectivity index (χ3v) is 26.7. The van der Waals surface area contributed by atoms with Gasteiger partial charge in [0.05, 0.1) is 22.3 Å². The molecule has 4 aliphatic heterocycles. The molecule has 22 heteroatoms. The number of esters is 2. The first kappa shape index (κ1) is 86.9. The number of rotatable bonds is 26. The van der Waals surface area contributed by atoms with Crippen molar-refractivity contribution in [2.75, 3.05) is 78.7 Å². The topological polar surface area (TPSA) is 238 Å². The third kappa shape index (κ3) is 15.4. The van der Waals surface area contributed by atoms with Crippen LogP contribution in [0.15, 0.2) is 216 Å². The maximum absolute atomic E-state index is 17.5. The fraction of sp³-hybridized carbons (Fsp3) is 0.273. The van der Waals surface area contributed by atoms with Gasteiger partial charge in [-0.2, -0.15) is 0 Å². The highest BCUT2D eigenvalue weighted by Crippen LogP contribution is 2.60. The van der Waals surface area contributed by atoms with Crippen LogP contribution in [-0.2, 0) is 28.7 Å². The van der Waals surface area contributed by atoms with Crippen LogP contribution in [0, 0.1) is 27.7 Å². The van der Waals surface area contributed by atoms with E-state index in [9.17, 15) is 9.59 Å². The first-order chi connectivity index (χ1) is 63.6. The minimum absolute atomic E-state index is 0.0282. The van der Waals surface area contributed by atoms with Crippen molar-refractivity contribution >= 4 is 134 Å². The van der Waals surface area contributed by atoms with Crippen molar-refractivity contribution < 1.29 is 75.6 Å². The number of amides is 6. The van der Waals surface area contributed by atoms with Gasteiger partial charge in [-0.25, -0.2) is 9.59 Å². The lowest BCUT2D eigenvalue weighted by Gasteiger charge is -2.40. The highest BCUT2D eigenvalue weighted by Gasteiger charge is 2.49. The minimum Gasteiger partial charge on any atom is -0.461 e. The Bertz CT molecular complexity index is 6680. The Balaban J connectivity index is 0.917. The van der Waals surface area contributed by atoms with Crippen LogP contribution in [0.4, 0.5) is 0 Å². The number of para-hydroxylation sites is 2. The van der Waals surface area contributed by atoms with Gasteiger partial charge in [-0.3, -0.25) is 48.4 Å². The molecule has 2 fully saturated rings. The summed E-state index contributed by atoms with van der Waals surface area (Å²) in [5, 5.41) is 4.69. The standard InChI is InChI=1S/C110H102N6O16/c1-15-93(117)125-47-45-111-37-41-113(42-38-111)109(123)103(71-29-35-87-75(53-71)73-21-17-19-23-85(73)131-87)115-105(119)77-55-89(127-81-31-25-67(59(3)4)49-63(81)11)97-99-91(129-83-33-27-69(61(7)8)51-65(83)13)57-79-96-80(108(122)116(107(79)121)104(72-30-36-88-76(54-72)74-22-18-20-24-86(74)132-88)110(124)114-43-39-112(40-44-114)46-48-126-94(118)16-2)58-92(130-84-34-28-70(62(9)10)52-66(84)14)100(102(96)99)98-90(56-78(106(115)120)95(77)101(97)98)128-82-32-26-68(60(5)6)50-64(82)12/h15-36,49-62,103-104H,1-2,37-48H2,3-14H3. The Morgan fingerprint density at radius 3 is 0.886 bits per heavy atom. The fourth-order valence-corrected chi connectivity index (χ4v) is 19.4. The molecule has 0 aliphatic carbocycles. The average molecular weight is 1760 g/mol. The van der Waals surface area contributed by atoms with Gasteiger partial charge in [0.2, 0.25) is 0 Å². The Morgan fingerprint density at radius 1 is 0.326 bits per heavy atom. The number of carbonyl (C=O) groups excluding carboxylic acids is 8. The number of hydrogen-bond donors (Lipinski definition) is 0. The molecule has 0 radical (unpaired) electrons. The lowest BCUT2D eigenvalue weighted by atomic mass is 9.80. The van der Waals surface area contributed by atoms with Gasteiger partial charge in [-0.05, 0) is 192 Å². The summed E-state index contributed by atoms with van der Waals surface area (Å²) in [6, 6.07) is 52.7. The molecule has 0 saturated carbocycles. The molecule has 6 amide bonds. The Hall–Kier alpha value is -14.5. The van der Waals surface area contributed by atoms with E-state index in [1.165, 1.54) is 0 Å². The van der Waals surface area contributed by atoms with Crippen molar-refractivity contribution in [3.8, 4) is 46.0 Å². The molecule has 6 heterocycles. The molecule has 2 atom stereocenters. The van der Waals surface area contributed by atoms with Gasteiger partial charge in [-0.1, -0.05) is 166 Å². The zero-order valence-corrected chi connectivity index (χ0v) is 76.1. The minimum atomic E-state index is -1.63. The van der Waals surface area contributed by atoms with Crippen molar-refractivity contribution in [2.24, 2.45) is 0 Å². The quantitative estimate of drug-likeness (QED) is 0.0161. The second kappa shape index (κ2) is 34.8. The van der Waals surface area contributed by atoms with Crippen LogP contribution in [0.3, 0.4) is 0 Å². The van der Waals surface area contributed by atoms with E-state index in [4.69, 9.17) is 37.3 Å². The van der Waals surface area contributed by atoms with E-state index in [2.05, 4.69) is 103 Å². The summed E-state index contributed by atoms with van der Waals surface area (Å²) < 4.78 is 54.4. The van der Waals surface area contributed by atoms with Crippen LogP contribution < -0.4 is 18.9 Å². The molecule has 15 aromatic rings. The largest absolute Gasteiger partial charge is 0.461 e. The highest BCUT2D eigenvalue weighted by molar-refractivity contribution is 6.45. The van der Waals surface area contributed by atoms with Crippen LogP contribution >= 0.6 is 0 Å². The summed E-state index contributed by atoms with van der Waals surface area (Å²) in [7, 11) is 0. The maximum atomic E-state index is 17.5. The van der Waals surface area contributed by atoms with E-state index in [1.54, 1.807) is 58.3 Å². The normalized spacial score (nSPS) is 15.0. The highest BCUT2D eigenvalue weighted by atomic mass is 16.5. The molecular weight excluding hydrogens is 1660 g/mol. The lowest BCUT2D eigenvalue weighted by Crippen LogP contribution is -2.54. The smallest absolute Gasteiger partial charge is 0.330 e. The third-order valence-electron chi connectivity index (χ3n) is 26.7. The molecule has 2 saturated heterocycles. The SMILES string of the molecule is C=CC(=O)OCCN1CCN(C(=O)C(c2ccc3oc4ccccc4c3c2)N2C(=O)c3cc(Oc4ccc(C(C)C)cc4C)c4c5c(Oc6ccc(C(C)C)cc6C)cc6c7c(cc(Oc8ccc(C(C)C)cc8C)c(c8c(Oc9ccc(C(C)C)cc9C)cc(c3c48)C2=O)c75)C(=O)N(C(C(=O)N2CCN(CCOC(=O)C=C)CC2)c2ccc3oc4ccccc4c3c2)C6=O)CC1. The van der Waals surface area contributed by atoms with Gasteiger partial charge in [-0.15, -0.1) is 0 Å². The monoisotopic (exact) mass is 1760 g/mol. The van der Waals surface area contributed by atoms with E-state index in [-0.39, 0.29) is 151 Å². The zero-order valence-electron chi connectivity index (χ0n) is 76.1. The molecule has 0 spiro atoms. The molecule has 2 unspecified atom stereocenters. The number of ether oxygens (including phenoxy) is 6. The van der Waals surface area contributed by atoms with Crippen molar-refractivity contribution in [1.29, 1.82) is 0 Å². The van der Waals surface area contributed by atoms with Crippen molar-refractivity contribution in [2.45, 2.75) is 119 Å². The first-order valence-corrected chi connectivity index (χ1v) is 45.3. The molecule has 132 heavy (non-hydrogen) atoms. The molecule has 19 rings (SSSR count). The first-order valence-electron chi connectivity index (χ1n) is 45.3. The van der Waals surface area contributed by atoms with Gasteiger partial charge in [0.25, 0.3) is 35.4 Å². The number of imide groups is 2. The van der Waals surface area contributed by atoms with Crippen LogP contribution in [0.5, 0.6) is 46.0 Å². The number of benzene rings is 13. The number of hydrogen-bond acceptors (Lipinski definition) is 18. The second-order valence-electron chi connectivity index (χ2n) is 36.4. The average Bonchev–Trinajstić information content (AvgIpc) is 0.738. The van der Waals surface area contributed by atoms with E-state index < -0.39 is 59.5 Å². The maximum Gasteiger partial charge on any atom is 0.330 e. The van der Waals surface area contributed by atoms with Gasteiger partial charge < -0.3 is 47.1 Å². The Morgan fingerprint density at radius 2 is 0.606 bits per heavy atom. The summed E-state index contributed by atoms with van der Waals surface area (Å²) in [6.07, 6.45) is 2.22. The summed E-state index contributed by atoms with van der Waals surface area (Å²) in [6.45, 7) is 34.8. The number of piperazine rings is 2. The van der Waals surface area contributed by atoms with Crippen molar-refractivity contribution in [3.63, 3.8) is 0 Å². The number of carbonyl (C=O) groups is 8. The van der Waals surface area contributed by atoms with Gasteiger partial charge in [0.1, 0.15) is 93.6 Å². The predicted molar refractivity (Wildman–Crippen MR) is 511 cm³/mol. The van der Waals surface area contributed by atoms with E-state index in [0.29, 0.717) is 106 Å². The summed E-state index contributed by atoms with van der Waals surface area (Å²) in [4.78, 5) is 137. The van der Waals surface area contributed by atoms with Crippen molar-refractivity contribution in [3.05, 3.63) is 285 Å². The summed E-state index contributed by atoms with van der Waals surface area (Å²) in [5.74, 6) is -3.36. The van der Waals surface area contributed by atoms with Crippen molar-refractivity contribution in [1.82, 2.24) is 29.4 Å².